The van der Waals surface area contributed by atoms with Gasteiger partial charge in [-0.2, -0.15) is 0 Å². The Morgan fingerprint density at radius 3 is 2.76 bits per heavy atom. The highest BCUT2D eigenvalue weighted by Crippen LogP contribution is 2.34. The number of rotatable bonds is 4. The van der Waals surface area contributed by atoms with Crippen molar-refractivity contribution in [3.63, 3.8) is 0 Å². The summed E-state index contributed by atoms with van der Waals surface area (Å²) in [7, 11) is 3.38. The van der Waals surface area contributed by atoms with Gasteiger partial charge in [0.15, 0.2) is 5.17 Å². The fourth-order valence-electron chi connectivity index (χ4n) is 2.32. The molecule has 3 rings (SSSR count). The first-order valence-electron chi connectivity index (χ1n) is 7.65. The summed E-state index contributed by atoms with van der Waals surface area (Å²) in [6.45, 7) is 0. The van der Waals surface area contributed by atoms with Crippen LogP contribution < -0.4 is 4.74 Å². The van der Waals surface area contributed by atoms with Crippen molar-refractivity contribution in [2.24, 2.45) is 4.99 Å². The summed E-state index contributed by atoms with van der Waals surface area (Å²) in [4.78, 5) is 20.5. The molecule has 0 bridgehead atoms. The Morgan fingerprint density at radius 2 is 2.00 bits per heavy atom. The first kappa shape index (κ1) is 17.6. The van der Waals surface area contributed by atoms with Crippen molar-refractivity contribution >= 4 is 46.4 Å². The SMILES string of the molecule is COc1cccc(/C=C2/SC(=Nc3cccc(SC)c3)N(C)C2=O)c1. The van der Waals surface area contributed by atoms with Crippen LogP contribution in [0.4, 0.5) is 5.69 Å². The zero-order valence-corrected chi connectivity index (χ0v) is 15.9. The number of methoxy groups -OCH3 is 1. The number of aliphatic imine (C=N–C) groups is 1. The molecule has 1 fully saturated rings. The van der Waals surface area contributed by atoms with Gasteiger partial charge in [-0.25, -0.2) is 4.99 Å². The number of nitrogens with zero attached hydrogens (tertiary/aromatic N) is 2. The van der Waals surface area contributed by atoms with Crippen LogP contribution in [0.1, 0.15) is 5.56 Å². The van der Waals surface area contributed by atoms with Crippen molar-refractivity contribution in [2.45, 2.75) is 4.90 Å². The molecule has 1 aliphatic rings. The predicted octanol–water partition coefficient (Wildman–Crippen LogP) is 4.65. The molecule has 0 spiro atoms. The number of hydrogen-bond acceptors (Lipinski definition) is 5. The molecule has 0 N–H and O–H groups in total. The molecular formula is C19H18N2O2S2. The minimum atomic E-state index is -0.0485. The van der Waals surface area contributed by atoms with E-state index in [-0.39, 0.29) is 5.91 Å². The molecule has 128 valence electrons. The highest BCUT2D eigenvalue weighted by Gasteiger charge is 2.30. The Balaban J connectivity index is 1.88. The Morgan fingerprint density at radius 1 is 1.20 bits per heavy atom. The topological polar surface area (TPSA) is 41.9 Å². The second kappa shape index (κ2) is 7.80. The van der Waals surface area contributed by atoms with E-state index in [0.717, 1.165) is 21.9 Å². The average Bonchev–Trinajstić information content (AvgIpc) is 2.90. The largest absolute Gasteiger partial charge is 0.497 e. The molecule has 0 saturated carbocycles. The second-order valence-corrected chi connectivity index (χ2v) is 7.24. The van der Waals surface area contributed by atoms with E-state index in [4.69, 9.17) is 4.74 Å². The zero-order valence-electron chi connectivity index (χ0n) is 14.2. The molecule has 1 amide bonds. The molecule has 4 nitrogen and oxygen atoms in total. The van der Waals surface area contributed by atoms with Crippen molar-refractivity contribution < 1.29 is 9.53 Å². The van der Waals surface area contributed by atoms with E-state index < -0.39 is 0 Å². The molecule has 1 aliphatic heterocycles. The number of amides is 1. The summed E-state index contributed by atoms with van der Waals surface area (Å²) in [5.41, 5.74) is 1.77. The quantitative estimate of drug-likeness (QED) is 0.580. The third-order valence-electron chi connectivity index (χ3n) is 3.67. The summed E-state index contributed by atoms with van der Waals surface area (Å²) >= 11 is 3.05. The molecule has 6 heteroatoms. The van der Waals surface area contributed by atoms with E-state index in [1.165, 1.54) is 11.8 Å². The van der Waals surface area contributed by atoms with Crippen molar-refractivity contribution in [3.05, 3.63) is 59.0 Å². The molecule has 25 heavy (non-hydrogen) atoms. The lowest BCUT2D eigenvalue weighted by molar-refractivity contribution is -0.121. The van der Waals surface area contributed by atoms with Crippen LogP contribution in [0.2, 0.25) is 0 Å². The Kier molecular flexibility index (Phi) is 5.50. The van der Waals surface area contributed by atoms with E-state index in [1.807, 2.05) is 60.9 Å². The van der Waals surface area contributed by atoms with E-state index in [1.54, 1.807) is 30.8 Å². The third kappa shape index (κ3) is 4.08. The summed E-state index contributed by atoms with van der Waals surface area (Å²) < 4.78 is 5.23. The van der Waals surface area contributed by atoms with Crippen LogP contribution in [0.15, 0.2) is 63.3 Å². The highest BCUT2D eigenvalue weighted by atomic mass is 32.2. The molecular weight excluding hydrogens is 352 g/mol. The highest BCUT2D eigenvalue weighted by molar-refractivity contribution is 8.18. The van der Waals surface area contributed by atoms with Crippen LogP contribution in [0.25, 0.3) is 6.08 Å². The second-order valence-electron chi connectivity index (χ2n) is 5.35. The number of thioether (sulfide) groups is 2. The molecule has 0 unspecified atom stereocenters. The number of ether oxygens (including phenoxy) is 1. The zero-order chi connectivity index (χ0) is 17.8. The maximum Gasteiger partial charge on any atom is 0.266 e. The van der Waals surface area contributed by atoms with E-state index >= 15 is 0 Å². The normalized spacial score (nSPS) is 17.6. The van der Waals surface area contributed by atoms with Gasteiger partial charge in [-0.05, 0) is 60.0 Å². The smallest absolute Gasteiger partial charge is 0.266 e. The number of benzene rings is 2. The summed E-state index contributed by atoms with van der Waals surface area (Å²) in [5, 5.41) is 0.678. The summed E-state index contributed by atoms with van der Waals surface area (Å²) in [6.07, 6.45) is 3.90. The van der Waals surface area contributed by atoms with Crippen LogP contribution in [0.3, 0.4) is 0 Å². The van der Waals surface area contributed by atoms with Crippen LogP contribution in [0, 0.1) is 0 Å². The predicted molar refractivity (Wildman–Crippen MR) is 107 cm³/mol. The average molecular weight is 370 g/mol. The minimum absolute atomic E-state index is 0.0485. The Labute approximate surface area is 156 Å². The summed E-state index contributed by atoms with van der Waals surface area (Å²) in [5.74, 6) is 0.716. The van der Waals surface area contributed by atoms with Gasteiger partial charge in [0.2, 0.25) is 0 Å². The van der Waals surface area contributed by atoms with Crippen molar-refractivity contribution in [2.75, 3.05) is 20.4 Å². The van der Waals surface area contributed by atoms with Gasteiger partial charge in [0.1, 0.15) is 5.75 Å². The molecule has 0 radical (unpaired) electrons. The van der Waals surface area contributed by atoms with Crippen molar-refractivity contribution in [1.29, 1.82) is 0 Å². The maximum absolute atomic E-state index is 12.5. The van der Waals surface area contributed by atoms with Crippen LogP contribution in [0.5, 0.6) is 5.75 Å². The Hall–Kier alpha value is -2.18. The van der Waals surface area contributed by atoms with Gasteiger partial charge in [-0.1, -0.05) is 18.2 Å². The van der Waals surface area contributed by atoms with Crippen LogP contribution in [-0.4, -0.2) is 36.4 Å². The fourth-order valence-corrected chi connectivity index (χ4v) is 3.76. The van der Waals surface area contributed by atoms with Gasteiger partial charge in [0.25, 0.3) is 5.91 Å². The van der Waals surface area contributed by atoms with E-state index in [9.17, 15) is 4.79 Å². The van der Waals surface area contributed by atoms with Crippen LogP contribution in [-0.2, 0) is 4.79 Å². The molecule has 2 aromatic rings. The molecule has 1 saturated heterocycles. The van der Waals surface area contributed by atoms with Gasteiger partial charge in [-0.15, -0.1) is 11.8 Å². The molecule has 0 aliphatic carbocycles. The van der Waals surface area contributed by atoms with E-state index in [0.29, 0.717) is 10.1 Å². The fraction of sp³-hybridized carbons (Fsp3) is 0.158. The van der Waals surface area contributed by atoms with E-state index in [2.05, 4.69) is 4.99 Å². The monoisotopic (exact) mass is 370 g/mol. The molecule has 2 aromatic carbocycles. The first-order chi connectivity index (χ1) is 12.1. The lowest BCUT2D eigenvalue weighted by Crippen LogP contribution is -2.23. The van der Waals surface area contributed by atoms with Gasteiger partial charge in [0.05, 0.1) is 17.7 Å². The van der Waals surface area contributed by atoms with Gasteiger partial charge in [-0.3, -0.25) is 9.69 Å². The standard InChI is InChI=1S/C19H18N2O2S2/c1-21-18(22)17(11-13-6-4-8-15(10-13)23-2)25-19(21)20-14-7-5-9-16(12-14)24-3/h4-12H,1-3H3/b17-11+,20-19?. The van der Waals surface area contributed by atoms with Crippen molar-refractivity contribution in [1.82, 2.24) is 4.90 Å². The number of likely N-dealkylation sites (N-methyl/N-ethyl adjacent to an activating group) is 1. The minimum Gasteiger partial charge on any atom is -0.497 e. The third-order valence-corrected chi connectivity index (χ3v) is 5.46. The van der Waals surface area contributed by atoms with Crippen LogP contribution >= 0.6 is 23.5 Å². The van der Waals surface area contributed by atoms with Crippen molar-refractivity contribution in [3.8, 4) is 5.75 Å². The maximum atomic E-state index is 12.5. The molecule has 0 atom stereocenters. The Bertz CT molecular complexity index is 862. The molecule has 0 aromatic heterocycles. The molecule has 1 heterocycles. The first-order valence-corrected chi connectivity index (χ1v) is 9.69. The van der Waals surface area contributed by atoms with Gasteiger partial charge >= 0.3 is 0 Å². The number of carbonyl (C=O) groups is 1. The lowest BCUT2D eigenvalue weighted by Gasteiger charge is -2.07. The number of hydrogen-bond donors (Lipinski definition) is 0. The number of amidine groups is 1. The lowest BCUT2D eigenvalue weighted by atomic mass is 10.2. The van der Waals surface area contributed by atoms with Gasteiger partial charge < -0.3 is 4.74 Å². The summed E-state index contributed by atoms with van der Waals surface area (Å²) in [6, 6.07) is 15.6. The number of carbonyl (C=O) groups excluding carboxylic acids is 1. The van der Waals surface area contributed by atoms with Gasteiger partial charge in [0, 0.05) is 11.9 Å².